The summed E-state index contributed by atoms with van der Waals surface area (Å²) in [5.41, 5.74) is 6.26. The van der Waals surface area contributed by atoms with Gasteiger partial charge in [-0.3, -0.25) is 4.79 Å². The highest BCUT2D eigenvalue weighted by atomic mass is 16.1. The van der Waals surface area contributed by atoms with Gasteiger partial charge in [-0.05, 0) is 24.9 Å². The lowest BCUT2D eigenvalue weighted by atomic mass is 10.2. The van der Waals surface area contributed by atoms with Gasteiger partial charge in [0.2, 0.25) is 5.91 Å². The maximum atomic E-state index is 10.5. The first-order chi connectivity index (χ1) is 8.29. The number of nitrogens with two attached hydrogens (primary N) is 1. The van der Waals surface area contributed by atoms with Crippen molar-refractivity contribution in [1.82, 2.24) is 5.32 Å². The average Bonchev–Trinajstić information content (AvgIpc) is 2.33. The Labute approximate surface area is 103 Å². The van der Waals surface area contributed by atoms with E-state index < -0.39 is 0 Å². The van der Waals surface area contributed by atoms with Crippen molar-refractivity contribution in [1.29, 1.82) is 0 Å². The molecule has 1 aromatic carbocycles. The van der Waals surface area contributed by atoms with E-state index in [9.17, 15) is 4.79 Å². The zero-order chi connectivity index (χ0) is 12.3. The molecule has 0 aliphatic carbocycles. The van der Waals surface area contributed by atoms with Gasteiger partial charge in [-0.2, -0.15) is 0 Å². The first-order valence-corrected chi connectivity index (χ1v) is 5.99. The molecule has 1 aromatic rings. The Hall–Kier alpha value is -1.61. The molecule has 0 fully saturated rings. The van der Waals surface area contributed by atoms with Gasteiger partial charge >= 0.3 is 0 Å². The van der Waals surface area contributed by atoms with Crippen LogP contribution >= 0.6 is 0 Å². The number of hydrogen-bond donors (Lipinski definition) is 2. The molecule has 3 heteroatoms. The fraction of sp³-hybridized carbons (Fsp3) is 0.357. The van der Waals surface area contributed by atoms with Crippen molar-refractivity contribution in [3.8, 4) is 0 Å². The Morgan fingerprint density at radius 2 is 2.00 bits per heavy atom. The standard InChI is InChI=1S/C14H20N2O/c15-14(17)10-4-5-11-16-12-6-9-13-7-2-1-3-8-13/h1-3,6-9,16H,4-5,10-12H2,(H2,15,17)/b9-6+. The van der Waals surface area contributed by atoms with Crippen LogP contribution in [0.4, 0.5) is 0 Å². The van der Waals surface area contributed by atoms with Crippen LogP contribution in [0.15, 0.2) is 36.4 Å². The van der Waals surface area contributed by atoms with Crippen molar-refractivity contribution in [2.75, 3.05) is 13.1 Å². The number of carbonyl (C=O) groups is 1. The van der Waals surface area contributed by atoms with Crippen LogP contribution in [0.1, 0.15) is 24.8 Å². The Morgan fingerprint density at radius 3 is 2.71 bits per heavy atom. The summed E-state index contributed by atoms with van der Waals surface area (Å²) in [5.74, 6) is -0.214. The quantitative estimate of drug-likeness (QED) is 0.673. The minimum Gasteiger partial charge on any atom is -0.370 e. The number of unbranched alkanes of at least 4 members (excludes halogenated alkanes) is 1. The third kappa shape index (κ3) is 7.30. The van der Waals surface area contributed by atoms with Crippen molar-refractivity contribution >= 4 is 12.0 Å². The SMILES string of the molecule is NC(=O)CCCCNC/C=C/c1ccccc1. The summed E-state index contributed by atoms with van der Waals surface area (Å²) >= 11 is 0. The monoisotopic (exact) mass is 232 g/mol. The highest BCUT2D eigenvalue weighted by molar-refractivity contribution is 5.73. The molecule has 3 nitrogen and oxygen atoms in total. The van der Waals surface area contributed by atoms with Gasteiger partial charge in [-0.25, -0.2) is 0 Å². The van der Waals surface area contributed by atoms with E-state index in [4.69, 9.17) is 5.73 Å². The second kappa shape index (κ2) is 8.53. The molecule has 0 spiro atoms. The Bertz CT molecular complexity index is 346. The molecule has 1 amide bonds. The summed E-state index contributed by atoms with van der Waals surface area (Å²) < 4.78 is 0. The zero-order valence-electron chi connectivity index (χ0n) is 10.1. The summed E-state index contributed by atoms with van der Waals surface area (Å²) in [7, 11) is 0. The van der Waals surface area contributed by atoms with Crippen LogP contribution in [0, 0.1) is 0 Å². The minimum absolute atomic E-state index is 0.214. The summed E-state index contributed by atoms with van der Waals surface area (Å²) in [4.78, 5) is 10.5. The van der Waals surface area contributed by atoms with Gasteiger partial charge in [0.15, 0.2) is 0 Å². The second-order valence-electron chi connectivity index (χ2n) is 3.94. The third-order valence-corrected chi connectivity index (χ3v) is 2.40. The molecule has 17 heavy (non-hydrogen) atoms. The number of rotatable bonds is 8. The van der Waals surface area contributed by atoms with Crippen LogP contribution in [0.2, 0.25) is 0 Å². The normalized spacial score (nSPS) is 10.8. The lowest BCUT2D eigenvalue weighted by molar-refractivity contribution is -0.118. The van der Waals surface area contributed by atoms with Crippen molar-refractivity contribution in [3.05, 3.63) is 42.0 Å². The van der Waals surface area contributed by atoms with Gasteiger partial charge in [0.1, 0.15) is 0 Å². The van der Waals surface area contributed by atoms with Gasteiger partial charge in [-0.1, -0.05) is 42.5 Å². The topological polar surface area (TPSA) is 55.1 Å². The van der Waals surface area contributed by atoms with E-state index in [0.717, 1.165) is 25.9 Å². The van der Waals surface area contributed by atoms with Gasteiger partial charge < -0.3 is 11.1 Å². The van der Waals surface area contributed by atoms with Crippen LogP contribution < -0.4 is 11.1 Å². The average molecular weight is 232 g/mol. The van der Waals surface area contributed by atoms with E-state index in [-0.39, 0.29) is 5.91 Å². The summed E-state index contributed by atoms with van der Waals surface area (Å²) in [5, 5.41) is 3.29. The number of benzene rings is 1. The molecule has 0 heterocycles. The Morgan fingerprint density at radius 1 is 1.24 bits per heavy atom. The molecule has 0 aromatic heterocycles. The van der Waals surface area contributed by atoms with E-state index in [2.05, 4.69) is 29.6 Å². The highest BCUT2D eigenvalue weighted by Gasteiger charge is 1.93. The van der Waals surface area contributed by atoms with Crippen LogP contribution in [0.25, 0.3) is 6.08 Å². The lowest BCUT2D eigenvalue weighted by Crippen LogP contribution is -2.16. The summed E-state index contributed by atoms with van der Waals surface area (Å²) in [6, 6.07) is 10.2. The van der Waals surface area contributed by atoms with Crippen molar-refractivity contribution in [2.24, 2.45) is 5.73 Å². The summed E-state index contributed by atoms with van der Waals surface area (Å²) in [6.45, 7) is 1.78. The summed E-state index contributed by atoms with van der Waals surface area (Å²) in [6.07, 6.45) is 6.54. The fourth-order valence-electron chi connectivity index (χ4n) is 1.49. The number of hydrogen-bond acceptors (Lipinski definition) is 2. The van der Waals surface area contributed by atoms with Crippen molar-refractivity contribution in [3.63, 3.8) is 0 Å². The molecular weight excluding hydrogens is 212 g/mol. The van der Waals surface area contributed by atoms with E-state index in [1.54, 1.807) is 0 Å². The maximum Gasteiger partial charge on any atom is 0.217 e. The van der Waals surface area contributed by atoms with E-state index >= 15 is 0 Å². The molecule has 3 N–H and O–H groups in total. The molecular formula is C14H20N2O. The first-order valence-electron chi connectivity index (χ1n) is 5.99. The highest BCUT2D eigenvalue weighted by Crippen LogP contribution is 2.00. The second-order valence-corrected chi connectivity index (χ2v) is 3.94. The van der Waals surface area contributed by atoms with Gasteiger partial charge in [-0.15, -0.1) is 0 Å². The fourth-order valence-corrected chi connectivity index (χ4v) is 1.49. The van der Waals surface area contributed by atoms with Gasteiger partial charge in [0.25, 0.3) is 0 Å². The third-order valence-electron chi connectivity index (χ3n) is 2.40. The van der Waals surface area contributed by atoms with Crippen LogP contribution in [-0.2, 0) is 4.79 Å². The largest absolute Gasteiger partial charge is 0.370 e. The van der Waals surface area contributed by atoms with Gasteiger partial charge in [0, 0.05) is 13.0 Å². The van der Waals surface area contributed by atoms with Gasteiger partial charge in [0.05, 0.1) is 0 Å². The molecule has 0 bridgehead atoms. The predicted octanol–water partition coefficient (Wildman–Crippen LogP) is 1.94. The molecule has 92 valence electrons. The minimum atomic E-state index is -0.214. The molecule has 0 unspecified atom stereocenters. The molecule has 0 atom stereocenters. The van der Waals surface area contributed by atoms with Crippen molar-refractivity contribution in [2.45, 2.75) is 19.3 Å². The van der Waals surface area contributed by atoms with E-state index in [1.807, 2.05) is 18.2 Å². The zero-order valence-corrected chi connectivity index (χ0v) is 10.1. The molecule has 0 radical (unpaired) electrons. The smallest absolute Gasteiger partial charge is 0.217 e. The van der Waals surface area contributed by atoms with E-state index in [1.165, 1.54) is 5.56 Å². The van der Waals surface area contributed by atoms with Crippen LogP contribution in [0.3, 0.4) is 0 Å². The number of nitrogens with one attached hydrogen (secondary N) is 1. The maximum absolute atomic E-state index is 10.5. The molecule has 0 aliphatic rings. The molecule has 0 aliphatic heterocycles. The number of primary amides is 1. The van der Waals surface area contributed by atoms with Crippen LogP contribution in [0.5, 0.6) is 0 Å². The van der Waals surface area contributed by atoms with Crippen LogP contribution in [-0.4, -0.2) is 19.0 Å². The Kier molecular flexibility index (Phi) is 6.75. The molecule has 1 rings (SSSR count). The predicted molar refractivity (Wildman–Crippen MR) is 71.4 cm³/mol. The molecule has 0 saturated carbocycles. The first kappa shape index (κ1) is 13.5. The molecule has 0 saturated heterocycles. The number of carbonyl (C=O) groups excluding carboxylic acids is 1. The van der Waals surface area contributed by atoms with Crippen molar-refractivity contribution < 1.29 is 4.79 Å². The van der Waals surface area contributed by atoms with E-state index in [0.29, 0.717) is 6.42 Å². The Balaban J connectivity index is 2.01. The number of amides is 1. The lowest BCUT2D eigenvalue weighted by Gasteiger charge is -2.00.